The fourth-order valence-electron chi connectivity index (χ4n) is 3.19. The molecule has 7 nitrogen and oxygen atoms in total. The van der Waals surface area contributed by atoms with Crippen molar-refractivity contribution in [2.45, 2.75) is 13.0 Å². The molecular weight excluding hydrogens is 334 g/mol. The van der Waals surface area contributed by atoms with Crippen LogP contribution in [0.15, 0.2) is 41.5 Å². The maximum absolute atomic E-state index is 11.4. The molecule has 0 aliphatic carbocycles. The van der Waals surface area contributed by atoms with E-state index in [1.807, 2.05) is 18.2 Å². The Morgan fingerprint density at radius 1 is 1.38 bits per heavy atom. The number of ether oxygens (including phenoxy) is 2. The van der Waals surface area contributed by atoms with Gasteiger partial charge >= 0.3 is 0 Å². The van der Waals surface area contributed by atoms with Gasteiger partial charge < -0.3 is 19.6 Å². The number of aromatic nitrogens is 2. The number of aliphatic hydroxyl groups excluding tert-OH is 1. The van der Waals surface area contributed by atoms with Gasteiger partial charge in [-0.1, -0.05) is 12.1 Å². The largest absolute Gasteiger partial charge is 0.491 e. The van der Waals surface area contributed by atoms with E-state index in [0.717, 1.165) is 43.1 Å². The Kier molecular flexibility index (Phi) is 6.76. The topological polar surface area (TPSA) is 87.7 Å². The van der Waals surface area contributed by atoms with Crippen molar-refractivity contribution in [3.05, 3.63) is 58.3 Å². The van der Waals surface area contributed by atoms with Gasteiger partial charge in [0, 0.05) is 37.3 Å². The van der Waals surface area contributed by atoms with Crippen LogP contribution in [0.1, 0.15) is 11.3 Å². The first-order valence-electron chi connectivity index (χ1n) is 8.89. The maximum atomic E-state index is 11.4. The molecule has 7 heteroatoms. The van der Waals surface area contributed by atoms with Gasteiger partial charge in [0.15, 0.2) is 0 Å². The van der Waals surface area contributed by atoms with Gasteiger partial charge in [0.05, 0.1) is 26.1 Å². The zero-order chi connectivity index (χ0) is 18.2. The number of H-pyrrole nitrogens is 1. The molecule has 0 spiro atoms. The van der Waals surface area contributed by atoms with Crippen molar-refractivity contribution in [2.24, 2.45) is 5.92 Å². The summed E-state index contributed by atoms with van der Waals surface area (Å²) in [6.45, 7) is 4.22. The van der Waals surface area contributed by atoms with Crippen molar-refractivity contribution in [1.82, 2.24) is 14.9 Å². The van der Waals surface area contributed by atoms with E-state index in [1.54, 1.807) is 6.07 Å². The zero-order valence-corrected chi connectivity index (χ0v) is 14.8. The molecule has 1 atom stereocenters. The van der Waals surface area contributed by atoms with Crippen LogP contribution in [-0.2, 0) is 17.7 Å². The normalized spacial score (nSPS) is 18.4. The van der Waals surface area contributed by atoms with Crippen LogP contribution in [0, 0.1) is 5.92 Å². The summed E-state index contributed by atoms with van der Waals surface area (Å²) < 4.78 is 11.2. The SMILES string of the molecule is O=c1cc(CC2COCCN(Cc3cccc(OCCO)c3)C2)nc[nH]1. The molecule has 2 aromatic rings. The summed E-state index contributed by atoms with van der Waals surface area (Å²) in [5.41, 5.74) is 1.83. The Balaban J connectivity index is 1.61. The molecule has 1 aromatic carbocycles. The molecule has 1 aromatic heterocycles. The van der Waals surface area contributed by atoms with Gasteiger partial charge in [0.1, 0.15) is 12.4 Å². The van der Waals surface area contributed by atoms with Crippen LogP contribution in [0.2, 0.25) is 0 Å². The van der Waals surface area contributed by atoms with Crippen molar-refractivity contribution in [3.63, 3.8) is 0 Å². The number of nitrogens with zero attached hydrogens (tertiary/aromatic N) is 2. The minimum atomic E-state index is -0.124. The van der Waals surface area contributed by atoms with Crippen molar-refractivity contribution in [3.8, 4) is 5.75 Å². The first kappa shape index (κ1) is 18.6. The molecule has 1 fully saturated rings. The molecule has 2 N–H and O–H groups in total. The van der Waals surface area contributed by atoms with Gasteiger partial charge in [-0.2, -0.15) is 0 Å². The third kappa shape index (κ3) is 5.66. The van der Waals surface area contributed by atoms with Gasteiger partial charge in [-0.25, -0.2) is 4.98 Å². The number of benzene rings is 1. The molecule has 3 rings (SSSR count). The predicted molar refractivity (Wildman–Crippen MR) is 97.2 cm³/mol. The highest BCUT2D eigenvalue weighted by Crippen LogP contribution is 2.18. The number of hydrogen-bond donors (Lipinski definition) is 2. The summed E-state index contributed by atoms with van der Waals surface area (Å²) in [6, 6.07) is 9.50. The quantitative estimate of drug-likeness (QED) is 0.761. The molecule has 2 heterocycles. The molecule has 1 unspecified atom stereocenters. The lowest BCUT2D eigenvalue weighted by atomic mass is 10.0. The van der Waals surface area contributed by atoms with Gasteiger partial charge in [-0.15, -0.1) is 0 Å². The van der Waals surface area contributed by atoms with Crippen LogP contribution in [0.4, 0.5) is 0 Å². The van der Waals surface area contributed by atoms with Gasteiger partial charge in [0.25, 0.3) is 5.56 Å². The average Bonchev–Trinajstić information content (AvgIpc) is 2.85. The molecule has 0 amide bonds. The minimum Gasteiger partial charge on any atom is -0.491 e. The lowest BCUT2D eigenvalue weighted by molar-refractivity contribution is 0.121. The number of aromatic amines is 1. The second-order valence-electron chi connectivity index (χ2n) is 6.50. The minimum absolute atomic E-state index is 0.00568. The molecule has 140 valence electrons. The van der Waals surface area contributed by atoms with E-state index in [0.29, 0.717) is 25.7 Å². The summed E-state index contributed by atoms with van der Waals surface area (Å²) in [4.78, 5) is 20.6. The molecule has 0 radical (unpaired) electrons. The smallest absolute Gasteiger partial charge is 0.250 e. The summed E-state index contributed by atoms with van der Waals surface area (Å²) in [6.07, 6.45) is 2.17. The predicted octanol–water partition coefficient (Wildman–Crippen LogP) is 0.832. The summed E-state index contributed by atoms with van der Waals surface area (Å²) in [7, 11) is 0. The van der Waals surface area contributed by atoms with Crippen molar-refractivity contribution in [1.29, 1.82) is 0 Å². The molecule has 1 aliphatic rings. The first-order valence-corrected chi connectivity index (χ1v) is 8.89. The number of nitrogens with one attached hydrogen (secondary N) is 1. The second-order valence-corrected chi connectivity index (χ2v) is 6.50. The van der Waals surface area contributed by atoms with Crippen LogP contribution in [0.3, 0.4) is 0 Å². The highest BCUT2D eigenvalue weighted by Gasteiger charge is 2.20. The lowest BCUT2D eigenvalue weighted by Gasteiger charge is -2.23. The molecular formula is C19H25N3O4. The van der Waals surface area contributed by atoms with Crippen molar-refractivity contribution < 1.29 is 14.6 Å². The Morgan fingerprint density at radius 3 is 3.15 bits per heavy atom. The van der Waals surface area contributed by atoms with E-state index in [1.165, 1.54) is 6.33 Å². The fourth-order valence-corrected chi connectivity index (χ4v) is 3.19. The van der Waals surface area contributed by atoms with Crippen LogP contribution in [0.5, 0.6) is 5.75 Å². The highest BCUT2D eigenvalue weighted by molar-refractivity contribution is 5.28. The summed E-state index contributed by atoms with van der Waals surface area (Å²) in [5, 5.41) is 8.88. The molecule has 1 saturated heterocycles. The molecule has 0 saturated carbocycles. The van der Waals surface area contributed by atoms with Crippen molar-refractivity contribution >= 4 is 0 Å². The van der Waals surface area contributed by atoms with Crippen LogP contribution in [0.25, 0.3) is 0 Å². The van der Waals surface area contributed by atoms with E-state index in [2.05, 4.69) is 20.9 Å². The number of rotatable bonds is 7. The lowest BCUT2D eigenvalue weighted by Crippen LogP contribution is -2.30. The van der Waals surface area contributed by atoms with E-state index in [9.17, 15) is 4.79 Å². The Morgan fingerprint density at radius 2 is 2.31 bits per heavy atom. The third-order valence-electron chi connectivity index (χ3n) is 4.32. The van der Waals surface area contributed by atoms with Gasteiger partial charge in [-0.3, -0.25) is 9.69 Å². The van der Waals surface area contributed by atoms with Gasteiger partial charge in [-0.05, 0) is 24.1 Å². The van der Waals surface area contributed by atoms with Crippen LogP contribution in [-0.4, -0.2) is 59.5 Å². The monoisotopic (exact) mass is 359 g/mol. The van der Waals surface area contributed by atoms with E-state index < -0.39 is 0 Å². The Hall–Kier alpha value is -2.22. The number of aliphatic hydroxyl groups is 1. The second kappa shape index (κ2) is 9.47. The standard InChI is InChI=1S/C19H25N3O4/c23-5-7-26-18-3-1-2-15(9-18)11-22-4-6-25-13-16(12-22)8-17-10-19(24)21-14-20-17/h1-3,9-10,14,16,23H,4-8,11-13H2,(H,20,21,24). The molecule has 1 aliphatic heterocycles. The fraction of sp³-hybridized carbons (Fsp3) is 0.474. The van der Waals surface area contributed by atoms with E-state index in [4.69, 9.17) is 14.6 Å². The van der Waals surface area contributed by atoms with E-state index in [-0.39, 0.29) is 12.2 Å². The van der Waals surface area contributed by atoms with Crippen molar-refractivity contribution in [2.75, 3.05) is 39.5 Å². The van der Waals surface area contributed by atoms with Gasteiger partial charge in [0.2, 0.25) is 0 Å². The van der Waals surface area contributed by atoms with E-state index >= 15 is 0 Å². The molecule has 26 heavy (non-hydrogen) atoms. The molecule has 0 bridgehead atoms. The first-order chi connectivity index (χ1) is 12.7. The maximum Gasteiger partial charge on any atom is 0.250 e. The third-order valence-corrected chi connectivity index (χ3v) is 4.32. The summed E-state index contributed by atoms with van der Waals surface area (Å²) in [5.74, 6) is 1.06. The Labute approximate surface area is 152 Å². The van der Waals surface area contributed by atoms with Crippen LogP contribution >= 0.6 is 0 Å². The zero-order valence-electron chi connectivity index (χ0n) is 14.8. The Bertz CT molecular complexity index is 749. The number of hydrogen-bond acceptors (Lipinski definition) is 6. The average molecular weight is 359 g/mol. The summed E-state index contributed by atoms with van der Waals surface area (Å²) >= 11 is 0. The highest BCUT2D eigenvalue weighted by atomic mass is 16.5. The van der Waals surface area contributed by atoms with Crippen LogP contribution < -0.4 is 10.3 Å².